The van der Waals surface area contributed by atoms with E-state index in [2.05, 4.69) is 4.98 Å². The summed E-state index contributed by atoms with van der Waals surface area (Å²) in [7, 11) is 0. The number of aromatic nitrogens is 2. The molecular formula is C15H12F2N2O. The molecule has 3 nitrogen and oxygen atoms in total. The lowest BCUT2D eigenvalue weighted by molar-refractivity contribution is 0.204. The van der Waals surface area contributed by atoms with E-state index in [9.17, 15) is 13.9 Å². The Morgan fingerprint density at radius 1 is 1.20 bits per heavy atom. The fourth-order valence-corrected chi connectivity index (χ4v) is 2.16. The summed E-state index contributed by atoms with van der Waals surface area (Å²) >= 11 is 0. The van der Waals surface area contributed by atoms with E-state index in [-0.39, 0.29) is 16.8 Å². The van der Waals surface area contributed by atoms with E-state index >= 15 is 0 Å². The van der Waals surface area contributed by atoms with Gasteiger partial charge in [-0.25, -0.2) is 13.8 Å². The Labute approximate surface area is 114 Å². The number of benzene rings is 1. The van der Waals surface area contributed by atoms with Crippen molar-refractivity contribution in [2.45, 2.75) is 13.0 Å². The molecule has 0 bridgehead atoms. The molecule has 1 unspecified atom stereocenters. The summed E-state index contributed by atoms with van der Waals surface area (Å²) < 4.78 is 29.5. The van der Waals surface area contributed by atoms with Crippen LogP contribution in [0.15, 0.2) is 42.7 Å². The van der Waals surface area contributed by atoms with Crippen LogP contribution in [0.3, 0.4) is 0 Å². The highest BCUT2D eigenvalue weighted by Crippen LogP contribution is 2.28. The average molecular weight is 274 g/mol. The van der Waals surface area contributed by atoms with Gasteiger partial charge < -0.3 is 9.51 Å². The minimum absolute atomic E-state index is 0.208. The summed E-state index contributed by atoms with van der Waals surface area (Å²) in [6.07, 6.45) is 1.87. The third-order valence-corrected chi connectivity index (χ3v) is 3.26. The van der Waals surface area contributed by atoms with Gasteiger partial charge in [-0.2, -0.15) is 0 Å². The Balaban J connectivity index is 2.13. The normalized spacial score (nSPS) is 12.8. The minimum atomic E-state index is -1.44. The second kappa shape index (κ2) is 4.68. The largest absolute Gasteiger partial charge is 0.382 e. The summed E-state index contributed by atoms with van der Waals surface area (Å²) in [5, 5.41) is 10.2. The van der Waals surface area contributed by atoms with Gasteiger partial charge in [0.15, 0.2) is 0 Å². The van der Waals surface area contributed by atoms with Crippen LogP contribution in [0.5, 0.6) is 0 Å². The Hall–Kier alpha value is -2.27. The Kier molecular flexibility index (Phi) is 2.99. The van der Waals surface area contributed by atoms with Crippen LogP contribution in [-0.2, 0) is 0 Å². The van der Waals surface area contributed by atoms with Gasteiger partial charge in [-0.05, 0) is 30.7 Å². The van der Waals surface area contributed by atoms with Gasteiger partial charge in [0.25, 0.3) is 0 Å². The summed E-state index contributed by atoms with van der Waals surface area (Å²) in [5.74, 6) is -1.52. The lowest BCUT2D eigenvalue weighted by Gasteiger charge is -2.12. The van der Waals surface area contributed by atoms with E-state index in [4.69, 9.17) is 0 Å². The van der Waals surface area contributed by atoms with E-state index in [1.54, 1.807) is 35.0 Å². The summed E-state index contributed by atoms with van der Waals surface area (Å²) in [4.78, 5) is 4.18. The molecule has 20 heavy (non-hydrogen) atoms. The van der Waals surface area contributed by atoms with Crippen LogP contribution in [0.1, 0.15) is 22.9 Å². The monoisotopic (exact) mass is 274 g/mol. The van der Waals surface area contributed by atoms with Crippen molar-refractivity contribution in [3.05, 3.63) is 71.2 Å². The fourth-order valence-electron chi connectivity index (χ4n) is 2.16. The van der Waals surface area contributed by atoms with E-state index in [0.29, 0.717) is 5.65 Å². The van der Waals surface area contributed by atoms with Crippen molar-refractivity contribution in [2.24, 2.45) is 0 Å². The zero-order valence-corrected chi connectivity index (χ0v) is 10.7. The smallest absolute Gasteiger partial charge is 0.137 e. The van der Waals surface area contributed by atoms with Crippen LogP contribution >= 0.6 is 0 Å². The minimum Gasteiger partial charge on any atom is -0.382 e. The number of nitrogens with zero attached hydrogens (tertiary/aromatic N) is 2. The second-order valence-corrected chi connectivity index (χ2v) is 4.63. The quantitative estimate of drug-likeness (QED) is 0.780. The predicted octanol–water partition coefficient (Wildman–Crippen LogP) is 3.00. The molecule has 5 heteroatoms. The number of hydrogen-bond donors (Lipinski definition) is 1. The molecule has 0 aliphatic rings. The molecular weight excluding hydrogens is 262 g/mol. The maximum atomic E-state index is 14.0. The Morgan fingerprint density at radius 2 is 2.00 bits per heavy atom. The van der Waals surface area contributed by atoms with Crippen LogP contribution in [0.4, 0.5) is 8.78 Å². The molecule has 0 spiro atoms. The zero-order chi connectivity index (χ0) is 14.3. The molecule has 0 saturated carbocycles. The molecule has 2 aromatic heterocycles. The topological polar surface area (TPSA) is 37.5 Å². The van der Waals surface area contributed by atoms with Gasteiger partial charge >= 0.3 is 0 Å². The summed E-state index contributed by atoms with van der Waals surface area (Å²) in [6, 6.07) is 7.83. The lowest BCUT2D eigenvalue weighted by atomic mass is 10.0. The molecule has 1 atom stereocenters. The summed E-state index contributed by atoms with van der Waals surface area (Å²) in [5.41, 5.74) is 0.729. The van der Waals surface area contributed by atoms with Gasteiger partial charge in [-0.3, -0.25) is 0 Å². The van der Waals surface area contributed by atoms with E-state index < -0.39 is 17.7 Å². The first-order chi connectivity index (χ1) is 9.58. The Morgan fingerprint density at radius 3 is 2.75 bits per heavy atom. The van der Waals surface area contributed by atoms with Crippen molar-refractivity contribution in [3.8, 4) is 0 Å². The molecule has 0 amide bonds. The van der Waals surface area contributed by atoms with Crippen molar-refractivity contribution < 1.29 is 13.9 Å². The number of aliphatic hydroxyl groups is 1. The number of imidazole rings is 1. The molecule has 0 aliphatic carbocycles. The first-order valence-electron chi connectivity index (χ1n) is 6.14. The van der Waals surface area contributed by atoms with E-state index in [1.807, 2.05) is 0 Å². The second-order valence-electron chi connectivity index (χ2n) is 4.63. The maximum absolute atomic E-state index is 14.0. The fraction of sp³-hybridized carbons (Fsp3) is 0.133. The molecule has 102 valence electrons. The molecule has 3 rings (SSSR count). The highest BCUT2D eigenvalue weighted by molar-refractivity contribution is 5.42. The van der Waals surface area contributed by atoms with Crippen molar-refractivity contribution in [2.75, 3.05) is 0 Å². The first-order valence-corrected chi connectivity index (χ1v) is 6.14. The van der Waals surface area contributed by atoms with Crippen LogP contribution in [0.2, 0.25) is 0 Å². The Bertz CT molecular complexity index is 750. The van der Waals surface area contributed by atoms with Gasteiger partial charge in [0.05, 0.1) is 11.3 Å². The van der Waals surface area contributed by atoms with E-state index in [1.165, 1.54) is 13.0 Å². The standard InChI is InChI=1S/C15H12F2N2O/c1-9-5-6-10(16)13(14(9)17)15(20)11-8-19-7-3-2-4-12(19)18-11/h2-8,15,20H,1H3. The number of pyridine rings is 1. The molecule has 0 aliphatic heterocycles. The summed E-state index contributed by atoms with van der Waals surface area (Å²) in [6.45, 7) is 1.52. The van der Waals surface area contributed by atoms with Crippen LogP contribution < -0.4 is 0 Å². The van der Waals surface area contributed by atoms with Gasteiger partial charge in [-0.15, -0.1) is 0 Å². The predicted molar refractivity (Wildman–Crippen MR) is 70.3 cm³/mol. The zero-order valence-electron chi connectivity index (χ0n) is 10.7. The van der Waals surface area contributed by atoms with Crippen molar-refractivity contribution >= 4 is 5.65 Å². The lowest BCUT2D eigenvalue weighted by Crippen LogP contribution is -2.07. The third-order valence-electron chi connectivity index (χ3n) is 3.26. The van der Waals surface area contributed by atoms with E-state index in [0.717, 1.165) is 6.07 Å². The van der Waals surface area contributed by atoms with Crippen LogP contribution in [-0.4, -0.2) is 14.5 Å². The van der Waals surface area contributed by atoms with Crippen LogP contribution in [0.25, 0.3) is 5.65 Å². The van der Waals surface area contributed by atoms with Gasteiger partial charge in [-0.1, -0.05) is 12.1 Å². The average Bonchev–Trinajstić information content (AvgIpc) is 2.87. The number of aliphatic hydroxyl groups excluding tert-OH is 1. The molecule has 0 radical (unpaired) electrons. The molecule has 0 saturated heterocycles. The third kappa shape index (κ3) is 1.96. The van der Waals surface area contributed by atoms with Crippen LogP contribution in [0, 0.1) is 18.6 Å². The van der Waals surface area contributed by atoms with Crippen molar-refractivity contribution in [3.63, 3.8) is 0 Å². The number of hydrogen-bond acceptors (Lipinski definition) is 2. The number of halogens is 2. The number of aryl methyl sites for hydroxylation is 1. The molecule has 3 aromatic rings. The number of rotatable bonds is 2. The van der Waals surface area contributed by atoms with Gasteiger partial charge in [0.2, 0.25) is 0 Å². The highest BCUT2D eigenvalue weighted by Gasteiger charge is 2.23. The first kappa shape index (κ1) is 12.7. The number of fused-ring (bicyclic) bond motifs is 1. The SMILES string of the molecule is Cc1ccc(F)c(C(O)c2cn3ccccc3n2)c1F. The maximum Gasteiger partial charge on any atom is 0.137 e. The van der Waals surface area contributed by atoms with Crippen molar-refractivity contribution in [1.82, 2.24) is 9.38 Å². The van der Waals surface area contributed by atoms with Gasteiger partial charge in [0, 0.05) is 12.4 Å². The molecule has 2 heterocycles. The van der Waals surface area contributed by atoms with Gasteiger partial charge in [0.1, 0.15) is 23.4 Å². The molecule has 1 aromatic carbocycles. The highest BCUT2D eigenvalue weighted by atomic mass is 19.1. The van der Waals surface area contributed by atoms with Crippen molar-refractivity contribution in [1.29, 1.82) is 0 Å². The molecule has 1 N–H and O–H groups in total. The molecule has 0 fully saturated rings.